The second-order valence-corrected chi connectivity index (χ2v) is 7.91. The predicted octanol–water partition coefficient (Wildman–Crippen LogP) is 3.92. The molecule has 0 aliphatic carbocycles. The van der Waals surface area contributed by atoms with Gasteiger partial charge in [-0.2, -0.15) is 0 Å². The normalized spacial score (nSPS) is 10.8. The van der Waals surface area contributed by atoms with E-state index in [9.17, 15) is 9.59 Å². The average Bonchev–Trinajstić information content (AvgIpc) is 3.00. The summed E-state index contributed by atoms with van der Waals surface area (Å²) < 4.78 is 8.66. The number of anilines is 1. The number of aryl methyl sites for hydroxylation is 1. The molecular formula is C19H18BrCl2N5O3. The number of hydrogen-bond donors (Lipinski definition) is 2. The van der Waals surface area contributed by atoms with E-state index in [0.717, 1.165) is 10.3 Å². The number of aromatic nitrogens is 2. The van der Waals surface area contributed by atoms with Gasteiger partial charge in [0.15, 0.2) is 11.4 Å². The first-order chi connectivity index (χ1) is 14.2. The highest BCUT2D eigenvalue weighted by molar-refractivity contribution is 9.10. The van der Waals surface area contributed by atoms with E-state index in [2.05, 4.69) is 26.2 Å². The predicted molar refractivity (Wildman–Crippen MR) is 119 cm³/mol. The molecule has 11 heteroatoms. The van der Waals surface area contributed by atoms with Crippen LogP contribution in [0.4, 0.5) is 10.5 Å². The van der Waals surface area contributed by atoms with E-state index in [4.69, 9.17) is 33.7 Å². The molecule has 0 unspecified atom stereocenters. The third-order valence-electron chi connectivity index (χ3n) is 4.40. The first kappa shape index (κ1) is 22.2. The molecule has 0 saturated carbocycles. The van der Waals surface area contributed by atoms with Gasteiger partial charge in [0.2, 0.25) is 5.91 Å². The summed E-state index contributed by atoms with van der Waals surface area (Å²) in [6.07, 6.45) is 1.87. The number of benzene rings is 1. The van der Waals surface area contributed by atoms with Gasteiger partial charge in [0.1, 0.15) is 11.2 Å². The zero-order valence-electron chi connectivity index (χ0n) is 16.1. The van der Waals surface area contributed by atoms with E-state index in [1.165, 1.54) is 11.9 Å². The van der Waals surface area contributed by atoms with E-state index in [0.29, 0.717) is 27.7 Å². The minimum Gasteiger partial charge on any atom is -0.485 e. The monoisotopic (exact) mass is 513 g/mol. The Morgan fingerprint density at radius 1 is 1.33 bits per heavy atom. The van der Waals surface area contributed by atoms with Gasteiger partial charge < -0.3 is 20.7 Å². The Labute approximate surface area is 191 Å². The van der Waals surface area contributed by atoms with Crippen molar-refractivity contribution in [3.63, 3.8) is 0 Å². The van der Waals surface area contributed by atoms with Crippen molar-refractivity contribution in [2.45, 2.75) is 13.5 Å². The Bertz CT molecular complexity index is 1140. The molecule has 1 aromatic carbocycles. The van der Waals surface area contributed by atoms with Crippen molar-refractivity contribution in [2.24, 2.45) is 5.73 Å². The number of imidazole rings is 1. The summed E-state index contributed by atoms with van der Waals surface area (Å²) in [5, 5.41) is 2.92. The first-order valence-corrected chi connectivity index (χ1v) is 10.3. The maximum absolute atomic E-state index is 12.3. The fraction of sp³-hybridized carbons (Fsp3) is 0.211. The SMILES string of the molecule is Cc1nc2c(OCc3c(Cl)ccc(N(C)C(=O)CNC(N)=O)c3Cl)cccn2c1Br. The number of primary amides is 1. The Balaban J connectivity index is 1.85. The summed E-state index contributed by atoms with van der Waals surface area (Å²) in [6, 6.07) is 6.09. The number of nitrogens with two attached hydrogens (primary N) is 1. The van der Waals surface area contributed by atoms with Gasteiger partial charge in [-0.05, 0) is 47.1 Å². The van der Waals surface area contributed by atoms with Crippen LogP contribution >= 0.6 is 39.1 Å². The number of carbonyl (C=O) groups excluding carboxylic acids is 2. The smallest absolute Gasteiger partial charge is 0.312 e. The Morgan fingerprint density at radius 3 is 2.77 bits per heavy atom. The maximum atomic E-state index is 12.3. The minimum absolute atomic E-state index is 0.0657. The second kappa shape index (κ2) is 9.11. The van der Waals surface area contributed by atoms with Crippen molar-refractivity contribution in [1.29, 1.82) is 0 Å². The third-order valence-corrected chi connectivity index (χ3v) is 6.13. The molecule has 0 atom stereocenters. The van der Waals surface area contributed by atoms with Crippen molar-refractivity contribution in [3.8, 4) is 5.75 Å². The summed E-state index contributed by atoms with van der Waals surface area (Å²) in [4.78, 5) is 28.9. The Kier molecular flexibility index (Phi) is 6.74. The number of carbonyl (C=O) groups is 2. The van der Waals surface area contributed by atoms with Crippen LogP contribution in [0, 0.1) is 6.92 Å². The number of amides is 3. The number of fused-ring (bicyclic) bond motifs is 1. The van der Waals surface area contributed by atoms with Crippen LogP contribution in [-0.4, -0.2) is 34.9 Å². The molecule has 3 rings (SSSR count). The molecule has 0 spiro atoms. The lowest BCUT2D eigenvalue weighted by Crippen LogP contribution is -2.40. The number of likely N-dealkylation sites (N-methyl/N-ethyl adjacent to an activating group) is 1. The molecule has 2 heterocycles. The van der Waals surface area contributed by atoms with Crippen molar-refractivity contribution in [1.82, 2.24) is 14.7 Å². The summed E-state index contributed by atoms with van der Waals surface area (Å²) in [6.45, 7) is 1.70. The van der Waals surface area contributed by atoms with E-state index in [1.54, 1.807) is 18.2 Å². The van der Waals surface area contributed by atoms with Gasteiger partial charge in [-0.3, -0.25) is 9.20 Å². The zero-order chi connectivity index (χ0) is 22.0. The second-order valence-electron chi connectivity index (χ2n) is 6.37. The van der Waals surface area contributed by atoms with Crippen LogP contribution < -0.4 is 20.7 Å². The molecule has 0 aliphatic heterocycles. The molecule has 30 heavy (non-hydrogen) atoms. The van der Waals surface area contributed by atoms with Crippen molar-refractivity contribution in [2.75, 3.05) is 18.5 Å². The molecule has 0 saturated heterocycles. The maximum Gasteiger partial charge on any atom is 0.312 e. The molecule has 3 aromatic rings. The summed E-state index contributed by atoms with van der Waals surface area (Å²) in [7, 11) is 1.54. The fourth-order valence-electron chi connectivity index (χ4n) is 2.78. The van der Waals surface area contributed by atoms with Crippen LogP contribution in [0.25, 0.3) is 5.65 Å². The lowest BCUT2D eigenvalue weighted by Gasteiger charge is -2.21. The van der Waals surface area contributed by atoms with Crippen LogP contribution in [-0.2, 0) is 11.4 Å². The lowest BCUT2D eigenvalue weighted by molar-refractivity contribution is -0.117. The van der Waals surface area contributed by atoms with Gasteiger partial charge in [-0.15, -0.1) is 0 Å². The van der Waals surface area contributed by atoms with Gasteiger partial charge in [0, 0.05) is 23.8 Å². The summed E-state index contributed by atoms with van der Waals surface area (Å²) >= 11 is 16.4. The number of hydrogen-bond acceptors (Lipinski definition) is 4. The molecule has 158 valence electrons. The topological polar surface area (TPSA) is 102 Å². The highest BCUT2D eigenvalue weighted by Crippen LogP contribution is 2.35. The van der Waals surface area contributed by atoms with Gasteiger partial charge in [-0.25, -0.2) is 9.78 Å². The van der Waals surface area contributed by atoms with E-state index >= 15 is 0 Å². The lowest BCUT2D eigenvalue weighted by atomic mass is 10.2. The van der Waals surface area contributed by atoms with Crippen molar-refractivity contribution in [3.05, 3.63) is 56.4 Å². The summed E-state index contributed by atoms with van der Waals surface area (Å²) in [5.74, 6) is 0.159. The van der Waals surface area contributed by atoms with Crippen molar-refractivity contribution < 1.29 is 14.3 Å². The molecule has 8 nitrogen and oxygen atoms in total. The van der Waals surface area contributed by atoms with Crippen LogP contribution in [0.3, 0.4) is 0 Å². The molecule has 0 aliphatic rings. The Hall–Kier alpha value is -2.49. The number of nitrogens with zero attached hydrogens (tertiary/aromatic N) is 3. The molecular weight excluding hydrogens is 497 g/mol. The Morgan fingerprint density at radius 2 is 2.07 bits per heavy atom. The third kappa shape index (κ3) is 4.48. The molecule has 3 amide bonds. The van der Waals surface area contributed by atoms with E-state index < -0.39 is 11.9 Å². The summed E-state index contributed by atoms with van der Waals surface area (Å²) in [5.41, 5.74) is 7.42. The average molecular weight is 515 g/mol. The molecule has 0 radical (unpaired) electrons. The van der Waals surface area contributed by atoms with Crippen molar-refractivity contribution >= 4 is 62.4 Å². The molecule has 3 N–H and O–H groups in total. The van der Waals surface area contributed by atoms with Crippen LogP contribution in [0.1, 0.15) is 11.3 Å². The molecule has 0 fully saturated rings. The molecule has 0 bridgehead atoms. The number of ether oxygens (including phenoxy) is 1. The fourth-order valence-corrected chi connectivity index (χ4v) is 3.76. The van der Waals surface area contributed by atoms with E-state index in [1.807, 2.05) is 23.6 Å². The van der Waals surface area contributed by atoms with Crippen LogP contribution in [0.15, 0.2) is 35.1 Å². The molecule has 2 aromatic heterocycles. The number of rotatable bonds is 6. The van der Waals surface area contributed by atoms with Crippen LogP contribution in [0.5, 0.6) is 5.75 Å². The number of pyridine rings is 1. The highest BCUT2D eigenvalue weighted by atomic mass is 79.9. The zero-order valence-corrected chi connectivity index (χ0v) is 19.2. The minimum atomic E-state index is -0.789. The number of urea groups is 1. The number of halogens is 3. The van der Waals surface area contributed by atoms with Gasteiger partial charge >= 0.3 is 6.03 Å². The van der Waals surface area contributed by atoms with Gasteiger partial charge in [-0.1, -0.05) is 23.2 Å². The van der Waals surface area contributed by atoms with Gasteiger partial charge in [0.25, 0.3) is 0 Å². The van der Waals surface area contributed by atoms with Crippen LogP contribution in [0.2, 0.25) is 10.0 Å². The largest absolute Gasteiger partial charge is 0.485 e. The first-order valence-electron chi connectivity index (χ1n) is 8.73. The van der Waals surface area contributed by atoms with E-state index in [-0.39, 0.29) is 18.2 Å². The van der Waals surface area contributed by atoms with Gasteiger partial charge in [0.05, 0.1) is 22.9 Å². The quantitative estimate of drug-likeness (QED) is 0.520. The standard InChI is InChI=1S/C19H18BrCl2N5O3/c1-10-17(20)27-7-3-4-14(18(27)25-10)30-9-11-12(21)5-6-13(16(11)22)26(2)15(28)8-24-19(23)29/h3-7H,8-9H2,1-2H3,(H3,23,24,29). The highest BCUT2D eigenvalue weighted by Gasteiger charge is 2.19. The number of nitrogens with one attached hydrogen (secondary N) is 1.